The minimum Gasteiger partial charge on any atom is -0.544 e. The number of nitrogens with one attached hydrogen (secondary N) is 1. The molecule has 0 aliphatic carbocycles. The number of carbonyl (C=O) groups is 2. The van der Waals surface area contributed by atoms with Gasteiger partial charge in [-0.15, -0.1) is 11.3 Å². The highest BCUT2D eigenvalue weighted by Gasteiger charge is 2.37. The molecular formula is C7H4NO5S2-. The van der Waals surface area contributed by atoms with Crippen LogP contribution in [0.15, 0.2) is 4.21 Å². The van der Waals surface area contributed by atoms with Gasteiger partial charge in [-0.2, -0.15) is 0 Å². The number of fused-ring (bicyclic) bond motifs is 1. The van der Waals surface area contributed by atoms with Gasteiger partial charge in [-0.05, 0) is 12.5 Å². The summed E-state index contributed by atoms with van der Waals surface area (Å²) in [7, 11) is -3.86. The van der Waals surface area contributed by atoms with Gasteiger partial charge in [-0.25, -0.2) is 13.1 Å². The number of carboxylic acid groups (broad SMARTS) is 1. The van der Waals surface area contributed by atoms with E-state index >= 15 is 0 Å². The lowest BCUT2D eigenvalue weighted by molar-refractivity contribution is -0.254. The third-order valence-electron chi connectivity index (χ3n) is 2.00. The molecule has 0 fully saturated rings. The normalized spacial score (nSPS) is 17.3. The van der Waals surface area contributed by atoms with Crippen molar-refractivity contribution < 1.29 is 23.1 Å². The Hall–Kier alpha value is -1.41. The van der Waals surface area contributed by atoms with Crippen LogP contribution in [0.3, 0.4) is 0 Å². The summed E-state index contributed by atoms with van der Waals surface area (Å²) in [5, 5.41) is 10.6. The van der Waals surface area contributed by atoms with Crippen molar-refractivity contribution in [2.45, 2.75) is 11.1 Å². The molecule has 1 aromatic rings. The molecule has 1 amide bonds. The van der Waals surface area contributed by atoms with Gasteiger partial charge in [-0.3, -0.25) is 4.79 Å². The second-order valence-corrected chi connectivity index (χ2v) is 5.84. The van der Waals surface area contributed by atoms with Crippen LogP contribution in [0.4, 0.5) is 0 Å². The number of rotatable bonds is 1. The summed E-state index contributed by atoms with van der Waals surface area (Å²) < 4.78 is 24.2. The van der Waals surface area contributed by atoms with Crippen molar-refractivity contribution in [2.24, 2.45) is 0 Å². The van der Waals surface area contributed by atoms with Crippen molar-refractivity contribution in [1.82, 2.24) is 4.72 Å². The third kappa shape index (κ3) is 1.25. The molecule has 80 valence electrons. The summed E-state index contributed by atoms with van der Waals surface area (Å²) in [6, 6.07) is 0. The molecule has 1 aromatic heterocycles. The number of carboxylic acids is 1. The highest BCUT2D eigenvalue weighted by Crippen LogP contribution is 2.35. The number of aromatic carboxylic acids is 1. The molecule has 15 heavy (non-hydrogen) atoms. The Labute approximate surface area is 88.6 Å². The van der Waals surface area contributed by atoms with Gasteiger partial charge in [0.15, 0.2) is 4.21 Å². The fraction of sp³-hybridized carbons (Fsp3) is 0.143. The van der Waals surface area contributed by atoms with E-state index in [0.717, 1.165) is 0 Å². The lowest BCUT2D eigenvalue weighted by atomic mass is 10.1. The minimum absolute atomic E-state index is 0.0841. The van der Waals surface area contributed by atoms with E-state index in [2.05, 4.69) is 0 Å². The molecule has 0 aromatic carbocycles. The Morgan fingerprint density at radius 1 is 1.47 bits per heavy atom. The van der Waals surface area contributed by atoms with E-state index in [4.69, 9.17) is 0 Å². The van der Waals surface area contributed by atoms with Crippen molar-refractivity contribution >= 4 is 33.2 Å². The molecule has 0 saturated heterocycles. The zero-order valence-corrected chi connectivity index (χ0v) is 8.99. The van der Waals surface area contributed by atoms with Crippen LogP contribution in [0.2, 0.25) is 0 Å². The number of thiophene rings is 1. The Bertz CT molecular complexity index is 583. The van der Waals surface area contributed by atoms with Gasteiger partial charge in [0.2, 0.25) is 0 Å². The smallest absolute Gasteiger partial charge is 0.274 e. The second kappa shape index (κ2) is 2.80. The molecule has 0 unspecified atom stereocenters. The van der Waals surface area contributed by atoms with Crippen molar-refractivity contribution in [2.75, 3.05) is 0 Å². The van der Waals surface area contributed by atoms with Crippen LogP contribution in [0, 0.1) is 6.92 Å². The number of hydrogen-bond acceptors (Lipinski definition) is 6. The van der Waals surface area contributed by atoms with Crippen LogP contribution in [-0.2, 0) is 10.0 Å². The van der Waals surface area contributed by atoms with Crippen LogP contribution < -0.4 is 9.83 Å². The quantitative estimate of drug-likeness (QED) is 0.674. The van der Waals surface area contributed by atoms with E-state index in [1.54, 1.807) is 4.72 Å². The Balaban J connectivity index is 2.82. The van der Waals surface area contributed by atoms with Crippen molar-refractivity contribution in [3.63, 3.8) is 0 Å². The molecule has 1 N–H and O–H groups in total. The Kier molecular flexibility index (Phi) is 1.89. The second-order valence-electron chi connectivity index (χ2n) is 2.94. The first-order valence-electron chi connectivity index (χ1n) is 3.76. The molecule has 2 rings (SSSR count). The predicted octanol–water partition coefficient (Wildman–Crippen LogP) is -1.15. The van der Waals surface area contributed by atoms with E-state index in [1.165, 1.54) is 6.92 Å². The monoisotopic (exact) mass is 246 g/mol. The topological polar surface area (TPSA) is 103 Å². The Morgan fingerprint density at radius 2 is 2.07 bits per heavy atom. The predicted molar refractivity (Wildman–Crippen MR) is 48.0 cm³/mol. The van der Waals surface area contributed by atoms with Crippen LogP contribution >= 0.6 is 11.3 Å². The first-order valence-corrected chi connectivity index (χ1v) is 6.06. The number of amides is 1. The number of hydrogen-bond donors (Lipinski definition) is 1. The van der Waals surface area contributed by atoms with Crippen LogP contribution in [-0.4, -0.2) is 20.3 Å². The molecule has 1 aliphatic heterocycles. The van der Waals surface area contributed by atoms with E-state index in [-0.39, 0.29) is 20.2 Å². The van der Waals surface area contributed by atoms with Crippen molar-refractivity contribution in [1.29, 1.82) is 0 Å². The fourth-order valence-corrected chi connectivity index (χ4v) is 3.99. The molecular weight excluding hydrogens is 242 g/mol. The van der Waals surface area contributed by atoms with Crippen LogP contribution in [0.1, 0.15) is 25.6 Å². The van der Waals surface area contributed by atoms with Gasteiger partial charge in [0.25, 0.3) is 15.9 Å². The Morgan fingerprint density at radius 3 is 2.53 bits per heavy atom. The molecule has 2 heterocycles. The summed E-state index contributed by atoms with van der Waals surface area (Å²) in [5.41, 5.74) is 0.0489. The average Bonchev–Trinajstić information content (AvgIpc) is 2.51. The summed E-state index contributed by atoms with van der Waals surface area (Å²) in [6.07, 6.45) is 0. The van der Waals surface area contributed by atoms with Crippen molar-refractivity contribution in [3.05, 3.63) is 16.0 Å². The zero-order chi connectivity index (χ0) is 11.4. The maximum Gasteiger partial charge on any atom is 0.274 e. The summed E-state index contributed by atoms with van der Waals surface area (Å²) in [6.45, 7) is 1.38. The first-order chi connectivity index (χ1) is 6.84. The summed E-state index contributed by atoms with van der Waals surface area (Å²) in [5.74, 6) is -2.26. The highest BCUT2D eigenvalue weighted by atomic mass is 32.2. The maximum absolute atomic E-state index is 11.3. The lowest BCUT2D eigenvalue weighted by Gasteiger charge is -2.00. The molecule has 8 heteroatoms. The molecule has 0 radical (unpaired) electrons. The van der Waals surface area contributed by atoms with E-state index < -0.39 is 21.9 Å². The molecule has 0 saturated carbocycles. The zero-order valence-electron chi connectivity index (χ0n) is 7.36. The van der Waals surface area contributed by atoms with Crippen molar-refractivity contribution in [3.8, 4) is 0 Å². The lowest BCUT2D eigenvalue weighted by Crippen LogP contribution is -2.24. The van der Waals surface area contributed by atoms with E-state index in [0.29, 0.717) is 11.3 Å². The minimum atomic E-state index is -3.86. The highest BCUT2D eigenvalue weighted by molar-refractivity contribution is 7.92. The standard InChI is InChI=1S/C7H5NO5S2/c1-2-3-5(9)8-15(12,13)7(3)14-4(2)6(10)11/h1H3,(H,8,9)(H,10,11)/p-1. The molecule has 0 atom stereocenters. The maximum atomic E-state index is 11.3. The van der Waals surface area contributed by atoms with E-state index in [9.17, 15) is 23.1 Å². The molecule has 6 nitrogen and oxygen atoms in total. The molecule has 0 spiro atoms. The third-order valence-corrected chi connectivity index (χ3v) is 5.12. The van der Waals surface area contributed by atoms with Gasteiger partial charge < -0.3 is 9.90 Å². The summed E-state index contributed by atoms with van der Waals surface area (Å²) in [4.78, 5) is 21.6. The van der Waals surface area contributed by atoms with Crippen LogP contribution in [0.5, 0.6) is 0 Å². The van der Waals surface area contributed by atoms with E-state index in [1.807, 2.05) is 0 Å². The number of carbonyl (C=O) groups excluding carboxylic acids is 2. The first kappa shape index (κ1) is 10.1. The van der Waals surface area contributed by atoms with Gasteiger partial charge in [0.1, 0.15) is 0 Å². The summed E-state index contributed by atoms with van der Waals surface area (Å²) >= 11 is 0.534. The van der Waals surface area contributed by atoms with Gasteiger partial charge >= 0.3 is 0 Å². The largest absolute Gasteiger partial charge is 0.544 e. The molecule has 0 bridgehead atoms. The van der Waals surface area contributed by atoms with Gasteiger partial charge in [0, 0.05) is 0 Å². The average molecular weight is 246 g/mol. The van der Waals surface area contributed by atoms with Crippen LogP contribution in [0.25, 0.3) is 0 Å². The van der Waals surface area contributed by atoms with Gasteiger partial charge in [0.05, 0.1) is 16.4 Å². The van der Waals surface area contributed by atoms with Gasteiger partial charge in [-0.1, -0.05) is 0 Å². The molecule has 1 aliphatic rings. The fourth-order valence-electron chi connectivity index (χ4n) is 1.35. The SMILES string of the molecule is Cc1c(C(=O)[O-])sc2c1C(=O)NS2(=O)=O. The number of sulfonamides is 1.